The van der Waals surface area contributed by atoms with Crippen molar-refractivity contribution in [2.24, 2.45) is 0 Å². The number of aromatic carboxylic acids is 1. The maximum absolute atomic E-state index is 12.8. The number of thiocarbonyl (C=S) groups is 1. The summed E-state index contributed by atoms with van der Waals surface area (Å²) < 4.78 is 5.70. The van der Waals surface area contributed by atoms with E-state index in [-0.39, 0.29) is 24.5 Å². The number of hydrogen-bond acceptors (Lipinski definition) is 6. The second kappa shape index (κ2) is 8.89. The highest BCUT2D eigenvalue weighted by atomic mass is 32.2. The van der Waals surface area contributed by atoms with Gasteiger partial charge in [-0.25, -0.2) is 4.79 Å². The lowest BCUT2D eigenvalue weighted by Crippen LogP contribution is -2.27. The first-order chi connectivity index (χ1) is 13.8. The number of nitrogens with zero attached hydrogens (tertiary/aromatic N) is 1. The molecule has 1 heterocycles. The van der Waals surface area contributed by atoms with Crippen LogP contribution in [0.15, 0.2) is 53.4 Å². The Morgan fingerprint density at radius 1 is 1.07 bits per heavy atom. The first-order valence-electron chi connectivity index (χ1n) is 8.41. The molecule has 0 aliphatic carbocycles. The van der Waals surface area contributed by atoms with Gasteiger partial charge >= 0.3 is 11.9 Å². The molecular formula is C20H15NO6S2. The van der Waals surface area contributed by atoms with Crippen LogP contribution in [0, 0.1) is 0 Å². The molecule has 0 radical (unpaired) electrons. The molecule has 3 rings (SSSR count). The van der Waals surface area contributed by atoms with Gasteiger partial charge in [0.05, 0.1) is 29.2 Å². The largest absolute Gasteiger partial charge is 0.493 e. The van der Waals surface area contributed by atoms with Crippen LogP contribution >= 0.6 is 24.0 Å². The molecule has 7 nitrogen and oxygen atoms in total. The number of carboxylic acid groups (broad SMARTS) is 2. The van der Waals surface area contributed by atoms with Crippen molar-refractivity contribution < 1.29 is 29.3 Å². The van der Waals surface area contributed by atoms with Crippen LogP contribution in [0.3, 0.4) is 0 Å². The molecule has 1 aliphatic rings. The maximum Gasteiger partial charge on any atom is 0.335 e. The average Bonchev–Trinajstić information content (AvgIpc) is 2.96. The summed E-state index contributed by atoms with van der Waals surface area (Å²) in [6.45, 7) is 0.0774. The number of rotatable bonds is 7. The van der Waals surface area contributed by atoms with E-state index in [0.29, 0.717) is 20.7 Å². The smallest absolute Gasteiger partial charge is 0.335 e. The van der Waals surface area contributed by atoms with E-state index >= 15 is 0 Å². The van der Waals surface area contributed by atoms with Crippen molar-refractivity contribution in [3.63, 3.8) is 0 Å². The summed E-state index contributed by atoms with van der Waals surface area (Å²) in [4.78, 5) is 36.0. The number of thioether (sulfide) groups is 1. The molecule has 148 valence electrons. The van der Waals surface area contributed by atoms with E-state index in [1.165, 1.54) is 17.0 Å². The van der Waals surface area contributed by atoms with Gasteiger partial charge in [-0.2, -0.15) is 0 Å². The Bertz CT molecular complexity index is 999. The monoisotopic (exact) mass is 429 g/mol. The fourth-order valence-corrected chi connectivity index (χ4v) is 3.81. The van der Waals surface area contributed by atoms with Crippen LogP contribution in [-0.4, -0.2) is 39.0 Å². The standard InChI is InChI=1S/C20H15NO6S2/c22-17(23)9-10-27-15-7-1-12(2-8-15)11-16-18(24)21(20(28)29-16)14-5-3-13(4-6-14)19(25)26/h1-8,11H,9-10H2,(H,22,23)(H,25,26)/b16-11-. The van der Waals surface area contributed by atoms with Crippen LogP contribution in [0.25, 0.3) is 6.08 Å². The third kappa shape index (κ3) is 5.01. The van der Waals surface area contributed by atoms with Crippen LogP contribution < -0.4 is 9.64 Å². The number of amides is 1. The number of carboxylic acids is 2. The number of aliphatic carboxylic acids is 1. The lowest BCUT2D eigenvalue weighted by Gasteiger charge is -2.14. The van der Waals surface area contributed by atoms with Crippen LogP contribution in [0.4, 0.5) is 5.69 Å². The van der Waals surface area contributed by atoms with E-state index in [9.17, 15) is 14.4 Å². The topological polar surface area (TPSA) is 104 Å². The number of benzene rings is 2. The summed E-state index contributed by atoms with van der Waals surface area (Å²) in [6.07, 6.45) is 1.61. The molecular weight excluding hydrogens is 414 g/mol. The third-order valence-corrected chi connectivity index (χ3v) is 5.23. The summed E-state index contributed by atoms with van der Waals surface area (Å²) in [7, 11) is 0. The van der Waals surface area contributed by atoms with Crippen LogP contribution in [0.5, 0.6) is 5.75 Å². The molecule has 0 saturated carbocycles. The van der Waals surface area contributed by atoms with Crippen molar-refractivity contribution >= 4 is 57.9 Å². The Morgan fingerprint density at radius 2 is 1.72 bits per heavy atom. The van der Waals surface area contributed by atoms with Gasteiger partial charge in [0.15, 0.2) is 4.32 Å². The first kappa shape index (κ1) is 20.6. The van der Waals surface area contributed by atoms with Gasteiger partial charge in [0, 0.05) is 0 Å². The van der Waals surface area contributed by atoms with E-state index < -0.39 is 11.9 Å². The van der Waals surface area contributed by atoms with Gasteiger partial charge in [-0.1, -0.05) is 36.1 Å². The number of ether oxygens (including phenoxy) is 1. The quantitative estimate of drug-likeness (QED) is 0.508. The Kier molecular flexibility index (Phi) is 6.30. The van der Waals surface area contributed by atoms with E-state index in [1.807, 2.05) is 0 Å². The Morgan fingerprint density at radius 3 is 2.31 bits per heavy atom. The highest BCUT2D eigenvalue weighted by Gasteiger charge is 2.33. The summed E-state index contributed by atoms with van der Waals surface area (Å²) in [5.41, 5.74) is 1.39. The molecule has 0 atom stereocenters. The fourth-order valence-electron chi connectivity index (χ4n) is 2.51. The Labute approximate surface area is 175 Å². The summed E-state index contributed by atoms with van der Waals surface area (Å²) in [5.74, 6) is -1.72. The molecule has 9 heteroatoms. The number of anilines is 1. The number of carbonyl (C=O) groups is 3. The molecule has 29 heavy (non-hydrogen) atoms. The SMILES string of the molecule is O=C(O)CCOc1ccc(/C=C2\SC(=S)N(c3ccc(C(=O)O)cc3)C2=O)cc1. The van der Waals surface area contributed by atoms with Crippen molar-refractivity contribution in [3.8, 4) is 5.75 Å². The minimum atomic E-state index is -1.04. The van der Waals surface area contributed by atoms with E-state index in [1.54, 1.807) is 42.5 Å². The Hall–Kier alpha value is -3.17. The minimum absolute atomic E-state index is 0.0774. The summed E-state index contributed by atoms with van der Waals surface area (Å²) >= 11 is 6.47. The number of carbonyl (C=O) groups excluding carboxylic acids is 1. The van der Waals surface area contributed by atoms with E-state index in [2.05, 4.69) is 0 Å². The highest BCUT2D eigenvalue weighted by Crippen LogP contribution is 2.36. The molecule has 0 spiro atoms. The minimum Gasteiger partial charge on any atom is -0.493 e. The zero-order valence-corrected chi connectivity index (χ0v) is 16.5. The van der Waals surface area contributed by atoms with Gasteiger partial charge in [-0.3, -0.25) is 14.5 Å². The van der Waals surface area contributed by atoms with Gasteiger partial charge in [0.2, 0.25) is 0 Å². The predicted octanol–water partition coefficient (Wildman–Crippen LogP) is 3.64. The molecule has 1 fully saturated rings. The van der Waals surface area contributed by atoms with E-state index in [4.69, 9.17) is 27.2 Å². The van der Waals surface area contributed by atoms with Gasteiger partial charge in [-0.05, 0) is 48.0 Å². The highest BCUT2D eigenvalue weighted by molar-refractivity contribution is 8.27. The van der Waals surface area contributed by atoms with Crippen LogP contribution in [0.2, 0.25) is 0 Å². The zero-order valence-electron chi connectivity index (χ0n) is 14.9. The zero-order chi connectivity index (χ0) is 21.0. The van der Waals surface area contributed by atoms with Crippen molar-refractivity contribution in [1.82, 2.24) is 0 Å². The van der Waals surface area contributed by atoms with Crippen molar-refractivity contribution in [2.45, 2.75) is 6.42 Å². The maximum atomic E-state index is 12.8. The normalized spacial score (nSPS) is 15.0. The predicted molar refractivity (Wildman–Crippen MR) is 113 cm³/mol. The molecule has 1 amide bonds. The summed E-state index contributed by atoms with van der Waals surface area (Å²) in [5, 5.41) is 17.6. The lowest BCUT2D eigenvalue weighted by atomic mass is 10.2. The first-order valence-corrected chi connectivity index (χ1v) is 9.63. The van der Waals surface area contributed by atoms with Gasteiger partial charge < -0.3 is 14.9 Å². The van der Waals surface area contributed by atoms with Crippen molar-refractivity contribution in [2.75, 3.05) is 11.5 Å². The van der Waals surface area contributed by atoms with Crippen molar-refractivity contribution in [3.05, 3.63) is 64.6 Å². The lowest BCUT2D eigenvalue weighted by molar-refractivity contribution is -0.137. The van der Waals surface area contributed by atoms with Crippen LogP contribution in [-0.2, 0) is 9.59 Å². The molecule has 0 bridgehead atoms. The van der Waals surface area contributed by atoms with Crippen LogP contribution in [0.1, 0.15) is 22.3 Å². The van der Waals surface area contributed by atoms with Gasteiger partial charge in [0.25, 0.3) is 5.91 Å². The second-order valence-corrected chi connectivity index (χ2v) is 7.61. The van der Waals surface area contributed by atoms with Gasteiger partial charge in [0.1, 0.15) is 5.75 Å². The second-order valence-electron chi connectivity index (χ2n) is 5.93. The molecule has 1 aliphatic heterocycles. The van der Waals surface area contributed by atoms with Gasteiger partial charge in [-0.15, -0.1) is 0 Å². The summed E-state index contributed by atoms with van der Waals surface area (Å²) in [6, 6.07) is 12.8. The average molecular weight is 429 g/mol. The fraction of sp³-hybridized carbons (Fsp3) is 0.100. The Balaban J connectivity index is 1.72. The van der Waals surface area contributed by atoms with Crippen molar-refractivity contribution in [1.29, 1.82) is 0 Å². The molecule has 1 saturated heterocycles. The molecule has 2 aromatic carbocycles. The van der Waals surface area contributed by atoms with E-state index in [0.717, 1.165) is 17.3 Å². The third-order valence-electron chi connectivity index (χ3n) is 3.93. The molecule has 2 N–H and O–H groups in total. The molecule has 2 aromatic rings. The molecule has 0 aromatic heterocycles. The number of hydrogen-bond donors (Lipinski definition) is 2. The molecule has 0 unspecified atom stereocenters.